The van der Waals surface area contributed by atoms with Crippen molar-refractivity contribution in [3.05, 3.63) is 52.6 Å². The summed E-state index contributed by atoms with van der Waals surface area (Å²) in [4.78, 5) is 9.80. The molecule has 0 aliphatic carbocycles. The highest BCUT2D eigenvalue weighted by Gasteiger charge is 2.16. The van der Waals surface area contributed by atoms with E-state index in [9.17, 15) is 23.6 Å². The third-order valence-corrected chi connectivity index (χ3v) is 4.19. The molecule has 0 heterocycles. The number of phenols is 1. The van der Waals surface area contributed by atoms with Crippen LogP contribution >= 0.6 is 0 Å². The van der Waals surface area contributed by atoms with E-state index in [1.165, 1.54) is 25.3 Å². The Bertz CT molecular complexity index is 802. The molecule has 0 saturated carbocycles. The standard InChI is InChI=1S/C13H12N2O6S/c1-21-13-7-2-9(8-12(13)16)14-22(19,20)11-5-3-10(4-6-11)15(17)18/h2-8,14,16H,1H3. The van der Waals surface area contributed by atoms with Gasteiger partial charge < -0.3 is 9.84 Å². The molecule has 22 heavy (non-hydrogen) atoms. The van der Waals surface area contributed by atoms with E-state index in [1.807, 2.05) is 0 Å². The minimum atomic E-state index is -3.92. The van der Waals surface area contributed by atoms with Gasteiger partial charge >= 0.3 is 0 Å². The first kappa shape index (κ1) is 15.6. The number of hydrogen-bond acceptors (Lipinski definition) is 6. The van der Waals surface area contributed by atoms with Crippen molar-refractivity contribution in [2.75, 3.05) is 11.8 Å². The molecule has 2 aromatic carbocycles. The fourth-order valence-corrected chi connectivity index (χ4v) is 2.76. The Balaban J connectivity index is 2.27. The van der Waals surface area contributed by atoms with E-state index in [-0.39, 0.29) is 27.8 Å². The maximum Gasteiger partial charge on any atom is 0.269 e. The quantitative estimate of drug-likeness (QED) is 0.642. The average Bonchev–Trinajstić information content (AvgIpc) is 2.47. The molecule has 0 aliphatic rings. The molecule has 0 aliphatic heterocycles. The van der Waals surface area contributed by atoms with E-state index in [2.05, 4.69) is 4.72 Å². The molecule has 0 amide bonds. The molecule has 0 radical (unpaired) electrons. The SMILES string of the molecule is COc1ccc(NS(=O)(=O)c2ccc([N+](=O)[O-])cc2)cc1O. The summed E-state index contributed by atoms with van der Waals surface area (Å²) >= 11 is 0. The highest BCUT2D eigenvalue weighted by atomic mass is 32.2. The number of phenolic OH excluding ortho intramolecular Hbond substituents is 1. The van der Waals surface area contributed by atoms with Crippen LogP contribution in [0.25, 0.3) is 0 Å². The van der Waals surface area contributed by atoms with Crippen molar-refractivity contribution in [3.63, 3.8) is 0 Å². The molecule has 0 aromatic heterocycles. The first-order chi connectivity index (χ1) is 10.3. The Hall–Kier alpha value is -2.81. The van der Waals surface area contributed by atoms with E-state index in [0.717, 1.165) is 24.3 Å². The smallest absolute Gasteiger partial charge is 0.269 e. The summed E-state index contributed by atoms with van der Waals surface area (Å²) in [6.07, 6.45) is 0. The Morgan fingerprint density at radius 2 is 1.82 bits per heavy atom. The van der Waals surface area contributed by atoms with Crippen LogP contribution < -0.4 is 9.46 Å². The number of anilines is 1. The zero-order valence-electron chi connectivity index (χ0n) is 11.4. The van der Waals surface area contributed by atoms with Crippen molar-refractivity contribution in [1.82, 2.24) is 0 Å². The van der Waals surface area contributed by atoms with Crippen LogP contribution in [0.3, 0.4) is 0 Å². The number of nitrogens with zero attached hydrogens (tertiary/aromatic N) is 1. The van der Waals surface area contributed by atoms with Gasteiger partial charge in [-0.15, -0.1) is 0 Å². The van der Waals surface area contributed by atoms with Crippen LogP contribution in [0.4, 0.5) is 11.4 Å². The summed E-state index contributed by atoms with van der Waals surface area (Å²) < 4.78 is 31.4. The predicted molar refractivity (Wildman–Crippen MR) is 78.6 cm³/mol. The van der Waals surface area contributed by atoms with Gasteiger partial charge in [-0.3, -0.25) is 14.8 Å². The van der Waals surface area contributed by atoms with E-state index >= 15 is 0 Å². The van der Waals surface area contributed by atoms with Crippen molar-refractivity contribution in [2.45, 2.75) is 4.90 Å². The van der Waals surface area contributed by atoms with Gasteiger partial charge in [0.15, 0.2) is 11.5 Å². The second-order valence-corrected chi connectivity index (χ2v) is 5.93. The number of nitro benzene ring substituents is 1. The molecule has 0 fully saturated rings. The molecule has 2 aromatic rings. The molecule has 0 bridgehead atoms. The van der Waals surface area contributed by atoms with E-state index in [0.29, 0.717) is 0 Å². The van der Waals surface area contributed by atoms with Crippen LogP contribution in [0.15, 0.2) is 47.4 Å². The van der Waals surface area contributed by atoms with Crippen molar-refractivity contribution < 1.29 is 23.2 Å². The van der Waals surface area contributed by atoms with E-state index in [1.54, 1.807) is 0 Å². The summed E-state index contributed by atoms with van der Waals surface area (Å²) in [5.41, 5.74) is -0.0716. The lowest BCUT2D eigenvalue weighted by Gasteiger charge is -2.10. The Morgan fingerprint density at radius 3 is 2.32 bits per heavy atom. The second-order valence-electron chi connectivity index (χ2n) is 4.24. The van der Waals surface area contributed by atoms with E-state index < -0.39 is 14.9 Å². The summed E-state index contributed by atoms with van der Waals surface area (Å²) in [6, 6.07) is 8.47. The van der Waals surface area contributed by atoms with Gasteiger partial charge in [-0.05, 0) is 24.3 Å². The van der Waals surface area contributed by atoms with Gasteiger partial charge in [0.25, 0.3) is 15.7 Å². The first-order valence-electron chi connectivity index (χ1n) is 5.98. The molecule has 116 valence electrons. The summed E-state index contributed by atoms with van der Waals surface area (Å²) in [7, 11) is -2.55. The third kappa shape index (κ3) is 3.26. The molecular formula is C13H12N2O6S. The zero-order valence-corrected chi connectivity index (χ0v) is 12.2. The fourth-order valence-electron chi connectivity index (χ4n) is 1.71. The van der Waals surface area contributed by atoms with Gasteiger partial charge in [0.2, 0.25) is 0 Å². The normalized spacial score (nSPS) is 11.0. The number of sulfonamides is 1. The summed E-state index contributed by atoms with van der Waals surface area (Å²) in [5, 5.41) is 20.2. The molecule has 0 saturated heterocycles. The number of methoxy groups -OCH3 is 1. The Morgan fingerprint density at radius 1 is 1.18 bits per heavy atom. The molecule has 0 spiro atoms. The zero-order chi connectivity index (χ0) is 16.3. The molecular weight excluding hydrogens is 312 g/mol. The van der Waals surface area contributed by atoms with Crippen molar-refractivity contribution in [3.8, 4) is 11.5 Å². The minimum absolute atomic E-state index is 0.131. The molecule has 2 rings (SSSR count). The molecule has 0 unspecified atom stereocenters. The molecule has 2 N–H and O–H groups in total. The number of rotatable bonds is 5. The number of ether oxygens (including phenoxy) is 1. The Kier molecular flexibility index (Phi) is 4.18. The summed E-state index contributed by atoms with van der Waals surface area (Å²) in [6.45, 7) is 0. The van der Waals surface area contributed by atoms with Crippen molar-refractivity contribution in [2.24, 2.45) is 0 Å². The molecule has 0 atom stereocenters. The lowest BCUT2D eigenvalue weighted by Crippen LogP contribution is -2.12. The number of nitrogens with one attached hydrogen (secondary N) is 1. The van der Waals surface area contributed by atoms with Gasteiger partial charge in [-0.2, -0.15) is 0 Å². The van der Waals surface area contributed by atoms with E-state index in [4.69, 9.17) is 4.74 Å². The van der Waals surface area contributed by atoms with Gasteiger partial charge in [-0.1, -0.05) is 0 Å². The van der Waals surface area contributed by atoms with Crippen LogP contribution in [0, 0.1) is 10.1 Å². The molecule has 9 heteroatoms. The number of nitro groups is 1. The van der Waals surface area contributed by atoms with Crippen LogP contribution in [0.5, 0.6) is 11.5 Å². The monoisotopic (exact) mass is 324 g/mol. The number of non-ortho nitro benzene ring substituents is 1. The molecule has 8 nitrogen and oxygen atoms in total. The second kappa shape index (κ2) is 5.90. The lowest BCUT2D eigenvalue weighted by molar-refractivity contribution is -0.384. The number of hydrogen-bond donors (Lipinski definition) is 2. The highest BCUT2D eigenvalue weighted by molar-refractivity contribution is 7.92. The third-order valence-electron chi connectivity index (χ3n) is 2.79. The van der Waals surface area contributed by atoms with Crippen molar-refractivity contribution in [1.29, 1.82) is 0 Å². The maximum atomic E-state index is 12.2. The first-order valence-corrected chi connectivity index (χ1v) is 7.46. The fraction of sp³-hybridized carbons (Fsp3) is 0.0769. The number of benzene rings is 2. The number of aromatic hydroxyl groups is 1. The van der Waals surface area contributed by atoms with Crippen LogP contribution in [0.2, 0.25) is 0 Å². The van der Waals surface area contributed by atoms with Gasteiger partial charge in [-0.25, -0.2) is 8.42 Å². The van der Waals surface area contributed by atoms with Gasteiger partial charge in [0.05, 0.1) is 22.6 Å². The van der Waals surface area contributed by atoms with Crippen LogP contribution in [-0.2, 0) is 10.0 Å². The largest absolute Gasteiger partial charge is 0.504 e. The van der Waals surface area contributed by atoms with Crippen molar-refractivity contribution >= 4 is 21.4 Å². The lowest BCUT2D eigenvalue weighted by atomic mass is 10.3. The van der Waals surface area contributed by atoms with Gasteiger partial charge in [0.1, 0.15) is 0 Å². The minimum Gasteiger partial charge on any atom is -0.504 e. The van der Waals surface area contributed by atoms with Crippen LogP contribution in [-0.4, -0.2) is 25.6 Å². The van der Waals surface area contributed by atoms with Crippen LogP contribution in [0.1, 0.15) is 0 Å². The predicted octanol–water partition coefficient (Wildman–Crippen LogP) is 2.11. The Labute approximate surface area is 126 Å². The highest BCUT2D eigenvalue weighted by Crippen LogP contribution is 2.29. The summed E-state index contributed by atoms with van der Waals surface area (Å²) in [5.74, 6) is -0.00955. The average molecular weight is 324 g/mol. The van der Waals surface area contributed by atoms with Gasteiger partial charge in [0, 0.05) is 18.2 Å². The maximum absolute atomic E-state index is 12.2. The topological polar surface area (TPSA) is 119 Å².